The summed E-state index contributed by atoms with van der Waals surface area (Å²) < 4.78 is 0.0772. The monoisotopic (exact) mass is 246 g/mol. The highest BCUT2D eigenvalue weighted by Crippen LogP contribution is 2.37. The Kier molecular flexibility index (Phi) is 7.32. The second-order valence-electron chi connectivity index (χ2n) is 4.73. The van der Waals surface area contributed by atoms with E-state index in [0.29, 0.717) is 0 Å². The Morgan fingerprint density at radius 2 is 1.62 bits per heavy atom. The molecule has 1 atom stereocenters. The van der Waals surface area contributed by atoms with Crippen molar-refractivity contribution in [3.63, 3.8) is 0 Å². The fourth-order valence-electron chi connectivity index (χ4n) is 1.66. The maximum atomic E-state index is 11.9. The van der Waals surface area contributed by atoms with E-state index in [1.54, 1.807) is 0 Å². The topological polar surface area (TPSA) is 37.3 Å². The standard InChI is InChI=1S/C13H26O2S/c1-6-13(7-2,8-3)16-12(15)9-11(14)10(4)5/h10-11,14H,6-9H2,1-5H3/t11-/m1/s1. The van der Waals surface area contributed by atoms with E-state index >= 15 is 0 Å². The van der Waals surface area contributed by atoms with Crippen LogP contribution in [-0.4, -0.2) is 21.1 Å². The van der Waals surface area contributed by atoms with Crippen LogP contribution in [0.25, 0.3) is 0 Å². The molecular formula is C13H26O2S. The Balaban J connectivity index is 4.31. The van der Waals surface area contributed by atoms with Crippen LogP contribution < -0.4 is 0 Å². The van der Waals surface area contributed by atoms with Crippen LogP contribution in [0.3, 0.4) is 0 Å². The highest BCUT2D eigenvalue weighted by Gasteiger charge is 2.29. The Labute approximate surface area is 104 Å². The maximum Gasteiger partial charge on any atom is 0.192 e. The van der Waals surface area contributed by atoms with E-state index < -0.39 is 6.10 Å². The third-order valence-corrected chi connectivity index (χ3v) is 5.10. The molecular weight excluding hydrogens is 220 g/mol. The molecule has 0 aromatic carbocycles. The Morgan fingerprint density at radius 3 is 1.94 bits per heavy atom. The average molecular weight is 246 g/mol. The molecule has 2 nitrogen and oxygen atoms in total. The smallest absolute Gasteiger partial charge is 0.192 e. The van der Waals surface area contributed by atoms with Gasteiger partial charge in [0.05, 0.1) is 6.10 Å². The largest absolute Gasteiger partial charge is 0.392 e. The van der Waals surface area contributed by atoms with Gasteiger partial charge in [0.25, 0.3) is 0 Å². The summed E-state index contributed by atoms with van der Waals surface area (Å²) >= 11 is 1.44. The maximum absolute atomic E-state index is 11.9. The normalized spacial score (nSPS) is 14.2. The van der Waals surface area contributed by atoms with Crippen molar-refractivity contribution >= 4 is 16.9 Å². The molecule has 0 bridgehead atoms. The number of carbonyl (C=O) groups is 1. The third kappa shape index (κ3) is 4.88. The van der Waals surface area contributed by atoms with Crippen LogP contribution in [0, 0.1) is 5.92 Å². The van der Waals surface area contributed by atoms with Crippen molar-refractivity contribution in [2.24, 2.45) is 5.92 Å². The molecule has 0 aliphatic heterocycles. The molecule has 1 N–H and O–H groups in total. The summed E-state index contributed by atoms with van der Waals surface area (Å²) in [5, 5.41) is 9.81. The van der Waals surface area contributed by atoms with Gasteiger partial charge in [-0.25, -0.2) is 0 Å². The van der Waals surface area contributed by atoms with Gasteiger partial charge in [0.15, 0.2) is 5.12 Å². The van der Waals surface area contributed by atoms with Gasteiger partial charge in [-0.05, 0) is 25.2 Å². The van der Waals surface area contributed by atoms with Crippen molar-refractivity contribution < 1.29 is 9.90 Å². The van der Waals surface area contributed by atoms with Crippen LogP contribution in [0.1, 0.15) is 60.3 Å². The second kappa shape index (κ2) is 7.33. The predicted molar refractivity (Wildman–Crippen MR) is 71.7 cm³/mol. The second-order valence-corrected chi connectivity index (χ2v) is 6.26. The highest BCUT2D eigenvalue weighted by atomic mass is 32.2. The summed E-state index contributed by atoms with van der Waals surface area (Å²) in [5.74, 6) is 0.156. The van der Waals surface area contributed by atoms with E-state index in [9.17, 15) is 9.90 Å². The Morgan fingerprint density at radius 1 is 1.19 bits per heavy atom. The van der Waals surface area contributed by atoms with E-state index in [1.165, 1.54) is 11.8 Å². The van der Waals surface area contributed by atoms with Crippen LogP contribution in [-0.2, 0) is 4.79 Å². The van der Waals surface area contributed by atoms with Crippen LogP contribution in [0.2, 0.25) is 0 Å². The summed E-state index contributed by atoms with van der Waals surface area (Å²) in [4.78, 5) is 11.9. The number of thioether (sulfide) groups is 1. The van der Waals surface area contributed by atoms with Crippen LogP contribution in [0.4, 0.5) is 0 Å². The molecule has 0 aromatic rings. The quantitative estimate of drug-likeness (QED) is 0.745. The molecule has 0 spiro atoms. The number of hydrogen-bond donors (Lipinski definition) is 1. The molecule has 0 saturated heterocycles. The fraction of sp³-hybridized carbons (Fsp3) is 0.923. The lowest BCUT2D eigenvalue weighted by atomic mass is 9.99. The van der Waals surface area contributed by atoms with Crippen molar-refractivity contribution in [3.8, 4) is 0 Å². The van der Waals surface area contributed by atoms with E-state index in [1.807, 2.05) is 13.8 Å². The first-order chi connectivity index (χ1) is 7.40. The van der Waals surface area contributed by atoms with E-state index in [4.69, 9.17) is 0 Å². The summed E-state index contributed by atoms with van der Waals surface area (Å²) in [7, 11) is 0. The number of aliphatic hydroxyl groups is 1. The number of aliphatic hydroxyl groups excluding tert-OH is 1. The van der Waals surface area contributed by atoms with Gasteiger partial charge in [-0.2, -0.15) is 0 Å². The molecule has 0 saturated carbocycles. The molecule has 0 aliphatic rings. The average Bonchev–Trinajstić information content (AvgIpc) is 2.26. The minimum atomic E-state index is -0.497. The zero-order valence-electron chi connectivity index (χ0n) is 11.2. The minimum absolute atomic E-state index is 0.0772. The first kappa shape index (κ1) is 16.0. The molecule has 0 unspecified atom stereocenters. The molecule has 3 heteroatoms. The van der Waals surface area contributed by atoms with Gasteiger partial charge in [-0.3, -0.25) is 4.79 Å². The molecule has 0 heterocycles. The van der Waals surface area contributed by atoms with Gasteiger partial charge in [0, 0.05) is 11.2 Å². The van der Waals surface area contributed by atoms with E-state index in [0.717, 1.165) is 19.3 Å². The van der Waals surface area contributed by atoms with E-state index in [-0.39, 0.29) is 22.2 Å². The summed E-state index contributed by atoms with van der Waals surface area (Å²) in [5.41, 5.74) is 0. The lowest BCUT2D eigenvalue weighted by molar-refractivity contribution is -0.113. The van der Waals surface area contributed by atoms with Crippen molar-refractivity contribution in [2.75, 3.05) is 0 Å². The van der Waals surface area contributed by atoms with Gasteiger partial charge in [-0.1, -0.05) is 46.4 Å². The molecule has 0 rings (SSSR count). The van der Waals surface area contributed by atoms with Gasteiger partial charge < -0.3 is 5.11 Å². The molecule has 96 valence electrons. The SMILES string of the molecule is CCC(CC)(CC)SC(=O)C[C@@H](O)C(C)C. The third-order valence-electron chi connectivity index (χ3n) is 3.41. The van der Waals surface area contributed by atoms with Crippen LogP contribution in [0.5, 0.6) is 0 Å². The highest BCUT2D eigenvalue weighted by molar-refractivity contribution is 8.14. The van der Waals surface area contributed by atoms with Crippen molar-refractivity contribution in [3.05, 3.63) is 0 Å². The molecule has 0 amide bonds. The zero-order chi connectivity index (χ0) is 12.8. The number of hydrogen-bond acceptors (Lipinski definition) is 3. The summed E-state index contributed by atoms with van der Waals surface area (Å²) in [6.07, 6.45) is 2.81. The lowest BCUT2D eigenvalue weighted by Gasteiger charge is -2.29. The molecule has 0 aromatic heterocycles. The van der Waals surface area contributed by atoms with Gasteiger partial charge >= 0.3 is 0 Å². The minimum Gasteiger partial charge on any atom is -0.392 e. The van der Waals surface area contributed by atoms with Crippen LogP contribution >= 0.6 is 11.8 Å². The molecule has 0 aliphatic carbocycles. The molecule has 16 heavy (non-hydrogen) atoms. The van der Waals surface area contributed by atoms with Crippen LogP contribution in [0.15, 0.2) is 0 Å². The number of rotatable bonds is 7. The molecule has 0 fully saturated rings. The summed E-state index contributed by atoms with van der Waals surface area (Å²) in [6.45, 7) is 10.3. The fourth-order valence-corrected chi connectivity index (χ4v) is 2.83. The predicted octanol–water partition coefficient (Wildman–Crippen LogP) is 3.62. The van der Waals surface area contributed by atoms with Crippen molar-refractivity contribution in [2.45, 2.75) is 71.2 Å². The number of carbonyl (C=O) groups excluding carboxylic acids is 1. The zero-order valence-corrected chi connectivity index (χ0v) is 12.1. The van der Waals surface area contributed by atoms with Gasteiger partial charge in [0.2, 0.25) is 0 Å². The lowest BCUT2D eigenvalue weighted by Crippen LogP contribution is -2.26. The van der Waals surface area contributed by atoms with Crippen molar-refractivity contribution in [1.29, 1.82) is 0 Å². The summed E-state index contributed by atoms with van der Waals surface area (Å²) in [6, 6.07) is 0. The first-order valence-electron chi connectivity index (χ1n) is 6.30. The van der Waals surface area contributed by atoms with Crippen molar-refractivity contribution in [1.82, 2.24) is 0 Å². The van der Waals surface area contributed by atoms with Gasteiger partial charge in [-0.15, -0.1) is 0 Å². The first-order valence-corrected chi connectivity index (χ1v) is 7.12. The molecule has 0 radical (unpaired) electrons. The van der Waals surface area contributed by atoms with E-state index in [2.05, 4.69) is 20.8 Å². The Hall–Kier alpha value is -0.0200. The van der Waals surface area contributed by atoms with Gasteiger partial charge in [0.1, 0.15) is 0 Å². The Bertz CT molecular complexity index is 202.